The number of nitrogens with two attached hydrogens (primary N) is 1. The van der Waals surface area contributed by atoms with Gasteiger partial charge in [0.1, 0.15) is 12.4 Å². The van der Waals surface area contributed by atoms with Crippen molar-refractivity contribution in [3.05, 3.63) is 78.4 Å². The van der Waals surface area contributed by atoms with Gasteiger partial charge in [0.25, 0.3) is 0 Å². The molecule has 37 heavy (non-hydrogen) atoms. The summed E-state index contributed by atoms with van der Waals surface area (Å²) in [4.78, 5) is 35.8. The van der Waals surface area contributed by atoms with Crippen LogP contribution in [0.1, 0.15) is 43.9 Å². The van der Waals surface area contributed by atoms with Gasteiger partial charge in [0.05, 0.1) is 6.33 Å². The summed E-state index contributed by atoms with van der Waals surface area (Å²) >= 11 is 0. The number of piperidine rings is 1. The Morgan fingerprint density at radius 3 is 2.51 bits per heavy atom. The van der Waals surface area contributed by atoms with Gasteiger partial charge in [-0.2, -0.15) is 0 Å². The molecule has 0 spiro atoms. The van der Waals surface area contributed by atoms with Gasteiger partial charge < -0.3 is 25.3 Å². The van der Waals surface area contributed by atoms with E-state index in [1.165, 1.54) is 0 Å². The van der Waals surface area contributed by atoms with E-state index in [0.717, 1.165) is 55.2 Å². The van der Waals surface area contributed by atoms with Crippen molar-refractivity contribution in [2.45, 2.75) is 51.7 Å². The molecule has 0 bridgehead atoms. The van der Waals surface area contributed by atoms with E-state index in [9.17, 15) is 9.59 Å². The Kier molecular flexibility index (Phi) is 9.18. The van der Waals surface area contributed by atoms with Gasteiger partial charge in [0.2, 0.25) is 11.8 Å². The number of ether oxygens (including phenoxy) is 1. The summed E-state index contributed by atoms with van der Waals surface area (Å²) in [6.07, 6.45) is 7.01. The predicted molar refractivity (Wildman–Crippen MR) is 144 cm³/mol. The van der Waals surface area contributed by atoms with E-state index < -0.39 is 0 Å². The van der Waals surface area contributed by atoms with E-state index in [1.54, 1.807) is 12.5 Å². The van der Waals surface area contributed by atoms with Crippen molar-refractivity contribution in [1.82, 2.24) is 14.9 Å². The van der Waals surface area contributed by atoms with Crippen LogP contribution in [0.5, 0.6) is 5.75 Å². The van der Waals surface area contributed by atoms with E-state index in [4.69, 9.17) is 10.5 Å². The molecule has 1 aliphatic heterocycles. The maximum Gasteiger partial charge on any atom is 0.222 e. The normalized spacial score (nSPS) is 14.8. The highest BCUT2D eigenvalue weighted by Gasteiger charge is 2.27. The summed E-state index contributed by atoms with van der Waals surface area (Å²) in [6, 6.07) is 18.5. The number of aromatic amines is 1. The van der Waals surface area contributed by atoms with E-state index in [2.05, 4.69) is 27.0 Å². The standard InChI is InChI=1S/C29H37N5O3/c1-22(29(30)36)13-18-34(25-8-10-27(11-9-25)37-20-23-5-3-2-4-6-23)26-14-16-33(17-15-26)28(35)12-7-24-19-31-21-32-24/h2-6,8-11,19,21-22,26H,7,12-18,20H2,1H3,(H2,30,36)(H,31,32). The highest BCUT2D eigenvalue weighted by atomic mass is 16.5. The molecular weight excluding hydrogens is 466 g/mol. The molecule has 3 N–H and O–H groups in total. The number of H-pyrrole nitrogens is 1. The molecule has 1 atom stereocenters. The molecule has 0 aliphatic carbocycles. The monoisotopic (exact) mass is 503 g/mol. The van der Waals surface area contributed by atoms with Crippen LogP contribution in [-0.4, -0.2) is 52.4 Å². The van der Waals surface area contributed by atoms with Gasteiger partial charge in [-0.05, 0) is 55.5 Å². The highest BCUT2D eigenvalue weighted by Crippen LogP contribution is 2.27. The first-order valence-electron chi connectivity index (χ1n) is 13.1. The number of carbonyl (C=O) groups excluding carboxylic acids is 2. The highest BCUT2D eigenvalue weighted by molar-refractivity contribution is 5.77. The molecule has 8 heteroatoms. The Bertz CT molecular complexity index is 1110. The number of primary amides is 1. The average molecular weight is 504 g/mol. The zero-order valence-corrected chi connectivity index (χ0v) is 21.5. The first-order chi connectivity index (χ1) is 18.0. The first kappa shape index (κ1) is 26.3. The third-order valence-corrected chi connectivity index (χ3v) is 7.13. The second-order valence-corrected chi connectivity index (χ2v) is 9.74. The van der Waals surface area contributed by atoms with E-state index >= 15 is 0 Å². The first-order valence-corrected chi connectivity index (χ1v) is 13.1. The van der Waals surface area contributed by atoms with Gasteiger partial charge in [-0.15, -0.1) is 0 Å². The summed E-state index contributed by atoms with van der Waals surface area (Å²) in [5, 5.41) is 0. The Morgan fingerprint density at radius 1 is 1.14 bits per heavy atom. The van der Waals surface area contributed by atoms with Crippen molar-refractivity contribution < 1.29 is 14.3 Å². The number of aromatic nitrogens is 2. The lowest BCUT2D eigenvalue weighted by molar-refractivity contribution is -0.132. The molecule has 3 aromatic rings. The number of amides is 2. The molecule has 1 fully saturated rings. The summed E-state index contributed by atoms with van der Waals surface area (Å²) in [6.45, 7) is 4.58. The van der Waals surface area contributed by atoms with Crippen LogP contribution in [0.15, 0.2) is 67.1 Å². The lowest BCUT2D eigenvalue weighted by Gasteiger charge is -2.40. The average Bonchev–Trinajstić information content (AvgIpc) is 3.46. The van der Waals surface area contributed by atoms with E-state index in [0.29, 0.717) is 25.9 Å². The fraction of sp³-hybridized carbons (Fsp3) is 0.414. The van der Waals surface area contributed by atoms with Crippen molar-refractivity contribution in [2.75, 3.05) is 24.5 Å². The van der Waals surface area contributed by atoms with Crippen LogP contribution < -0.4 is 15.4 Å². The molecule has 0 saturated carbocycles. The fourth-order valence-electron chi connectivity index (χ4n) is 4.72. The van der Waals surface area contributed by atoms with Crippen molar-refractivity contribution in [3.8, 4) is 5.75 Å². The number of aryl methyl sites for hydroxylation is 1. The molecule has 1 saturated heterocycles. The topological polar surface area (TPSA) is 105 Å². The molecule has 2 heterocycles. The molecule has 196 valence electrons. The second kappa shape index (κ2) is 12.9. The van der Waals surface area contributed by atoms with Gasteiger partial charge in [-0.1, -0.05) is 37.3 Å². The summed E-state index contributed by atoms with van der Waals surface area (Å²) in [5.41, 5.74) is 8.73. The van der Waals surface area contributed by atoms with Crippen molar-refractivity contribution >= 4 is 17.5 Å². The number of carbonyl (C=O) groups is 2. The Labute approximate surface area is 218 Å². The third-order valence-electron chi connectivity index (χ3n) is 7.13. The van der Waals surface area contributed by atoms with Gasteiger partial charge in [0, 0.05) is 55.6 Å². The smallest absolute Gasteiger partial charge is 0.222 e. The zero-order valence-electron chi connectivity index (χ0n) is 21.5. The molecule has 1 aliphatic rings. The van der Waals surface area contributed by atoms with Crippen LogP contribution in [0.4, 0.5) is 5.69 Å². The number of likely N-dealkylation sites (tertiary alicyclic amines) is 1. The van der Waals surface area contributed by atoms with E-state index in [-0.39, 0.29) is 23.8 Å². The van der Waals surface area contributed by atoms with Crippen LogP contribution in [-0.2, 0) is 22.6 Å². The second-order valence-electron chi connectivity index (χ2n) is 9.74. The number of hydrogen-bond donors (Lipinski definition) is 2. The summed E-state index contributed by atoms with van der Waals surface area (Å²) in [5.74, 6) is 0.528. The Hall–Kier alpha value is -3.81. The van der Waals surface area contributed by atoms with Crippen LogP contribution in [0, 0.1) is 5.92 Å². The molecule has 2 amide bonds. The van der Waals surface area contributed by atoms with Gasteiger partial charge in [0.15, 0.2) is 0 Å². The number of benzene rings is 2. The minimum atomic E-state index is -0.276. The number of nitrogens with zero attached hydrogens (tertiary/aromatic N) is 3. The molecule has 1 aromatic heterocycles. The Morgan fingerprint density at radius 2 is 1.86 bits per heavy atom. The largest absolute Gasteiger partial charge is 0.489 e. The third kappa shape index (κ3) is 7.59. The number of rotatable bonds is 12. The van der Waals surface area contributed by atoms with Crippen LogP contribution in [0.3, 0.4) is 0 Å². The zero-order chi connectivity index (χ0) is 26.0. The molecule has 8 nitrogen and oxygen atoms in total. The molecule has 0 radical (unpaired) electrons. The maximum absolute atomic E-state index is 12.7. The number of anilines is 1. The lowest BCUT2D eigenvalue weighted by Crippen LogP contribution is -2.47. The van der Waals surface area contributed by atoms with Crippen LogP contribution >= 0.6 is 0 Å². The summed E-state index contributed by atoms with van der Waals surface area (Å²) in [7, 11) is 0. The molecular formula is C29H37N5O3. The SMILES string of the molecule is CC(CCN(c1ccc(OCc2ccccc2)cc1)C1CCN(C(=O)CCc2cnc[nH]2)CC1)C(N)=O. The van der Waals surface area contributed by atoms with Crippen LogP contribution in [0.2, 0.25) is 0 Å². The van der Waals surface area contributed by atoms with Crippen LogP contribution in [0.25, 0.3) is 0 Å². The molecule has 2 aromatic carbocycles. The van der Waals surface area contributed by atoms with Crippen molar-refractivity contribution in [2.24, 2.45) is 11.7 Å². The maximum atomic E-state index is 12.7. The minimum Gasteiger partial charge on any atom is -0.489 e. The number of nitrogens with one attached hydrogen (secondary N) is 1. The number of imidazole rings is 1. The molecule has 1 unspecified atom stereocenters. The predicted octanol–water partition coefficient (Wildman–Crippen LogP) is 3.93. The Balaban J connectivity index is 1.36. The fourth-order valence-corrected chi connectivity index (χ4v) is 4.72. The lowest BCUT2D eigenvalue weighted by atomic mass is 9.99. The minimum absolute atomic E-state index is 0.182. The molecule has 4 rings (SSSR count). The van der Waals surface area contributed by atoms with Crippen molar-refractivity contribution in [1.29, 1.82) is 0 Å². The number of hydrogen-bond acceptors (Lipinski definition) is 5. The summed E-state index contributed by atoms with van der Waals surface area (Å²) < 4.78 is 5.96. The van der Waals surface area contributed by atoms with Crippen molar-refractivity contribution in [3.63, 3.8) is 0 Å². The van der Waals surface area contributed by atoms with Gasteiger partial charge in [-0.25, -0.2) is 4.98 Å². The van der Waals surface area contributed by atoms with Gasteiger partial charge in [-0.3, -0.25) is 9.59 Å². The van der Waals surface area contributed by atoms with Gasteiger partial charge >= 0.3 is 0 Å². The van der Waals surface area contributed by atoms with E-state index in [1.807, 2.05) is 54.3 Å². The quantitative estimate of drug-likeness (QED) is 0.390.